The first-order valence-corrected chi connectivity index (χ1v) is 7.00. The maximum Gasteiger partial charge on any atom is 0.131 e. The summed E-state index contributed by atoms with van der Waals surface area (Å²) < 4.78 is 10.4. The van der Waals surface area contributed by atoms with Gasteiger partial charge in [0.15, 0.2) is 0 Å². The van der Waals surface area contributed by atoms with Gasteiger partial charge in [0.25, 0.3) is 0 Å². The van der Waals surface area contributed by atoms with Crippen LogP contribution in [0.4, 0.5) is 0 Å². The average Bonchev–Trinajstić information content (AvgIpc) is 2.87. The van der Waals surface area contributed by atoms with E-state index in [4.69, 9.17) is 9.47 Å². The van der Waals surface area contributed by atoms with Gasteiger partial charge < -0.3 is 14.8 Å². The average molecular weight is 265 g/mol. The molecule has 2 rings (SSSR count). The predicted octanol–water partition coefficient (Wildman–Crippen LogP) is 1.24. The minimum absolute atomic E-state index is 0.630. The molecule has 0 unspecified atom stereocenters. The van der Waals surface area contributed by atoms with E-state index in [-0.39, 0.29) is 0 Å². The van der Waals surface area contributed by atoms with Crippen LogP contribution >= 0.6 is 0 Å². The number of ether oxygens (including phenoxy) is 2. The van der Waals surface area contributed by atoms with Crippen LogP contribution in [-0.4, -0.2) is 36.9 Å². The molecule has 1 aromatic heterocycles. The molecule has 0 fully saturated rings. The van der Waals surface area contributed by atoms with Crippen molar-refractivity contribution in [1.82, 2.24) is 15.3 Å². The highest BCUT2D eigenvalue weighted by Gasteiger charge is 2.18. The minimum Gasteiger partial charge on any atom is -0.382 e. The van der Waals surface area contributed by atoms with Gasteiger partial charge in [-0.05, 0) is 6.42 Å². The summed E-state index contributed by atoms with van der Waals surface area (Å²) in [5, 5.41) is 3.35. The van der Waals surface area contributed by atoms with Crippen molar-refractivity contribution in [3.05, 3.63) is 22.8 Å². The lowest BCUT2D eigenvalue weighted by molar-refractivity contribution is 0.0716. The summed E-state index contributed by atoms with van der Waals surface area (Å²) >= 11 is 0. The molecule has 0 radical (unpaired) electrons. The highest BCUT2D eigenvalue weighted by atomic mass is 16.5. The summed E-state index contributed by atoms with van der Waals surface area (Å²) in [5.74, 6) is 0.906. The van der Waals surface area contributed by atoms with Crippen molar-refractivity contribution in [2.45, 2.75) is 39.3 Å². The van der Waals surface area contributed by atoms with E-state index in [1.807, 2.05) is 0 Å². The van der Waals surface area contributed by atoms with Gasteiger partial charge in [-0.1, -0.05) is 13.3 Å². The molecule has 0 aromatic carbocycles. The smallest absolute Gasteiger partial charge is 0.131 e. The largest absolute Gasteiger partial charge is 0.382 e. The van der Waals surface area contributed by atoms with Crippen LogP contribution in [0, 0.1) is 0 Å². The third kappa shape index (κ3) is 3.96. The van der Waals surface area contributed by atoms with Crippen molar-refractivity contribution >= 4 is 0 Å². The molecule has 0 amide bonds. The van der Waals surface area contributed by atoms with Gasteiger partial charge >= 0.3 is 0 Å². The van der Waals surface area contributed by atoms with Gasteiger partial charge in [0, 0.05) is 37.9 Å². The second kappa shape index (κ2) is 7.53. The molecule has 1 aromatic rings. The Labute approximate surface area is 114 Å². The van der Waals surface area contributed by atoms with Crippen molar-refractivity contribution in [2.75, 3.05) is 26.9 Å². The van der Waals surface area contributed by atoms with Crippen LogP contribution in [0.3, 0.4) is 0 Å². The number of hydrogen-bond acceptors (Lipinski definition) is 5. The Balaban J connectivity index is 1.95. The topological polar surface area (TPSA) is 56.3 Å². The number of methoxy groups -OCH3 is 1. The molecule has 0 spiro atoms. The van der Waals surface area contributed by atoms with E-state index in [9.17, 15) is 0 Å². The molecule has 0 atom stereocenters. The second-order valence-electron chi connectivity index (χ2n) is 4.72. The fourth-order valence-corrected chi connectivity index (χ4v) is 2.26. The Morgan fingerprint density at radius 3 is 2.79 bits per heavy atom. The van der Waals surface area contributed by atoms with Crippen LogP contribution in [0.25, 0.3) is 0 Å². The van der Waals surface area contributed by atoms with Gasteiger partial charge in [0.1, 0.15) is 5.82 Å². The minimum atomic E-state index is 0.630. The van der Waals surface area contributed by atoms with Crippen LogP contribution < -0.4 is 5.32 Å². The molecule has 106 valence electrons. The number of nitrogens with one attached hydrogen (secondary N) is 1. The van der Waals surface area contributed by atoms with Crippen molar-refractivity contribution in [2.24, 2.45) is 0 Å². The van der Waals surface area contributed by atoms with E-state index in [0.29, 0.717) is 19.8 Å². The molecule has 0 aliphatic carbocycles. The van der Waals surface area contributed by atoms with Crippen molar-refractivity contribution in [3.8, 4) is 0 Å². The SMILES string of the molecule is CCCc1nc(CCOCCOC)nc2c1CNC2. The van der Waals surface area contributed by atoms with Gasteiger partial charge in [-0.3, -0.25) is 0 Å². The summed E-state index contributed by atoms with van der Waals surface area (Å²) in [6.07, 6.45) is 2.92. The van der Waals surface area contributed by atoms with E-state index in [1.165, 1.54) is 17.0 Å². The first-order chi connectivity index (χ1) is 9.35. The third-order valence-electron chi connectivity index (χ3n) is 3.21. The Morgan fingerprint density at radius 2 is 2.00 bits per heavy atom. The normalized spacial score (nSPS) is 13.8. The lowest BCUT2D eigenvalue weighted by Gasteiger charge is -2.09. The lowest BCUT2D eigenvalue weighted by atomic mass is 10.1. The van der Waals surface area contributed by atoms with Gasteiger partial charge in [-0.15, -0.1) is 0 Å². The van der Waals surface area contributed by atoms with E-state index in [2.05, 4.69) is 22.2 Å². The van der Waals surface area contributed by atoms with E-state index in [1.54, 1.807) is 7.11 Å². The summed E-state index contributed by atoms with van der Waals surface area (Å²) in [4.78, 5) is 9.32. The molecule has 0 bridgehead atoms. The number of aryl methyl sites for hydroxylation is 1. The highest BCUT2D eigenvalue weighted by molar-refractivity contribution is 5.29. The molecular weight excluding hydrogens is 242 g/mol. The third-order valence-corrected chi connectivity index (χ3v) is 3.21. The van der Waals surface area contributed by atoms with Crippen LogP contribution in [0.1, 0.15) is 36.1 Å². The maximum absolute atomic E-state index is 5.48. The number of rotatable bonds is 8. The zero-order valence-corrected chi connectivity index (χ0v) is 11.9. The zero-order chi connectivity index (χ0) is 13.5. The van der Waals surface area contributed by atoms with Crippen molar-refractivity contribution in [3.63, 3.8) is 0 Å². The van der Waals surface area contributed by atoms with Crippen molar-refractivity contribution in [1.29, 1.82) is 0 Å². The molecule has 1 aliphatic heterocycles. The van der Waals surface area contributed by atoms with Crippen molar-refractivity contribution < 1.29 is 9.47 Å². The molecular formula is C14H23N3O2. The molecule has 1 N–H and O–H groups in total. The number of hydrogen-bond donors (Lipinski definition) is 1. The first-order valence-electron chi connectivity index (χ1n) is 7.00. The van der Waals surface area contributed by atoms with Crippen LogP contribution in [0.2, 0.25) is 0 Å². The van der Waals surface area contributed by atoms with E-state index < -0.39 is 0 Å². The Hall–Kier alpha value is -1.04. The van der Waals surface area contributed by atoms with Gasteiger partial charge in [0.2, 0.25) is 0 Å². The highest BCUT2D eigenvalue weighted by Crippen LogP contribution is 2.18. The van der Waals surface area contributed by atoms with E-state index >= 15 is 0 Å². The number of nitrogens with zero attached hydrogens (tertiary/aromatic N) is 2. The van der Waals surface area contributed by atoms with Crippen LogP contribution in [0.15, 0.2) is 0 Å². The Kier molecular flexibility index (Phi) is 5.69. The summed E-state index contributed by atoms with van der Waals surface area (Å²) in [7, 11) is 1.68. The molecule has 5 heteroatoms. The lowest BCUT2D eigenvalue weighted by Crippen LogP contribution is -2.10. The van der Waals surface area contributed by atoms with Crippen LogP contribution in [0.5, 0.6) is 0 Å². The summed E-state index contributed by atoms with van der Waals surface area (Å²) in [5.41, 5.74) is 3.70. The van der Waals surface area contributed by atoms with E-state index in [0.717, 1.165) is 38.2 Å². The van der Waals surface area contributed by atoms with Gasteiger partial charge in [0.05, 0.1) is 25.5 Å². The maximum atomic E-state index is 5.48. The molecule has 19 heavy (non-hydrogen) atoms. The first kappa shape index (κ1) is 14.4. The van der Waals surface area contributed by atoms with Crippen LogP contribution in [-0.2, 0) is 35.4 Å². The fraction of sp³-hybridized carbons (Fsp3) is 0.714. The monoisotopic (exact) mass is 265 g/mol. The number of aromatic nitrogens is 2. The molecule has 2 heterocycles. The summed E-state index contributed by atoms with van der Waals surface area (Å²) in [6, 6.07) is 0. The zero-order valence-electron chi connectivity index (χ0n) is 11.9. The Bertz CT molecular complexity index is 410. The quantitative estimate of drug-likeness (QED) is 0.717. The number of fused-ring (bicyclic) bond motifs is 1. The Morgan fingerprint density at radius 1 is 1.11 bits per heavy atom. The molecule has 0 saturated heterocycles. The predicted molar refractivity (Wildman–Crippen MR) is 73.0 cm³/mol. The van der Waals surface area contributed by atoms with Gasteiger partial charge in [-0.2, -0.15) is 0 Å². The molecule has 0 saturated carbocycles. The standard InChI is InChI=1S/C14H23N3O2/c1-3-4-12-11-9-15-10-13(11)17-14(16-12)5-6-19-8-7-18-2/h15H,3-10H2,1-2H3. The second-order valence-corrected chi connectivity index (χ2v) is 4.72. The fourth-order valence-electron chi connectivity index (χ4n) is 2.26. The molecule has 5 nitrogen and oxygen atoms in total. The van der Waals surface area contributed by atoms with Gasteiger partial charge in [-0.25, -0.2) is 9.97 Å². The summed E-state index contributed by atoms with van der Waals surface area (Å²) in [6.45, 7) is 5.88. The molecule has 1 aliphatic rings.